The second-order valence-corrected chi connectivity index (χ2v) is 4.37. The molecule has 0 aromatic heterocycles. The third-order valence-corrected chi connectivity index (χ3v) is 3.21. The smallest absolute Gasteiger partial charge is 0.0827 e. The quantitative estimate of drug-likeness (QED) is 0.560. The summed E-state index contributed by atoms with van der Waals surface area (Å²) in [4.78, 5) is 0. The molecule has 1 aliphatic rings. The average molecular weight is 225 g/mol. The number of fused-ring (bicyclic) bond motifs is 1. The van der Waals surface area contributed by atoms with Crippen molar-refractivity contribution in [2.45, 2.75) is 31.8 Å². The van der Waals surface area contributed by atoms with Gasteiger partial charge in [0.1, 0.15) is 0 Å². The van der Waals surface area contributed by atoms with Gasteiger partial charge in [0.25, 0.3) is 0 Å². The number of alkyl halides is 1. The summed E-state index contributed by atoms with van der Waals surface area (Å²) in [7, 11) is 0. The highest BCUT2D eigenvalue weighted by molar-refractivity contribution is 6.17. The molecule has 2 heteroatoms. The molecule has 0 amide bonds. The van der Waals surface area contributed by atoms with Crippen molar-refractivity contribution in [3.63, 3.8) is 0 Å². The number of hydrogen-bond acceptors (Lipinski definition) is 1. The highest BCUT2D eigenvalue weighted by Gasteiger charge is 2.19. The highest BCUT2D eigenvalue weighted by Crippen LogP contribution is 2.30. The van der Waals surface area contributed by atoms with E-state index in [9.17, 15) is 0 Å². The summed E-state index contributed by atoms with van der Waals surface area (Å²) in [5, 5.41) is 0. The first-order valence-electron chi connectivity index (χ1n) is 5.67. The Morgan fingerprint density at radius 1 is 1.27 bits per heavy atom. The van der Waals surface area contributed by atoms with E-state index in [0.29, 0.717) is 6.10 Å². The fourth-order valence-electron chi connectivity index (χ4n) is 2.14. The van der Waals surface area contributed by atoms with Gasteiger partial charge >= 0.3 is 0 Å². The fraction of sp³-hybridized carbons (Fsp3) is 0.538. The maximum absolute atomic E-state index is 5.81. The van der Waals surface area contributed by atoms with E-state index in [1.54, 1.807) is 0 Å². The summed E-state index contributed by atoms with van der Waals surface area (Å²) in [5.74, 6) is 0.758. The molecule has 82 valence electrons. The lowest BCUT2D eigenvalue weighted by Gasteiger charge is -2.25. The van der Waals surface area contributed by atoms with Gasteiger partial charge in [0, 0.05) is 5.88 Å². The van der Waals surface area contributed by atoms with Crippen molar-refractivity contribution >= 4 is 11.6 Å². The normalized spacial score (nSPS) is 19.9. The number of hydrogen-bond donors (Lipinski definition) is 0. The molecule has 1 aromatic carbocycles. The maximum atomic E-state index is 5.81. The first kappa shape index (κ1) is 11.0. The van der Waals surface area contributed by atoms with Crippen molar-refractivity contribution in [2.24, 2.45) is 0 Å². The number of benzene rings is 1. The molecule has 0 N–H and O–H groups in total. The van der Waals surface area contributed by atoms with Crippen molar-refractivity contribution in [3.8, 4) is 0 Å². The Morgan fingerprint density at radius 3 is 3.00 bits per heavy atom. The number of halogens is 1. The van der Waals surface area contributed by atoms with Crippen LogP contribution in [0.1, 0.15) is 36.5 Å². The standard InChI is InChI=1S/C13H17ClO/c14-9-4-3-7-13-12-6-2-1-5-11(12)8-10-15-13/h1-2,5-6,13H,3-4,7-10H2. The Kier molecular flexibility index (Phi) is 4.04. The van der Waals surface area contributed by atoms with Gasteiger partial charge in [-0.15, -0.1) is 11.6 Å². The van der Waals surface area contributed by atoms with E-state index in [0.717, 1.165) is 38.2 Å². The van der Waals surface area contributed by atoms with Gasteiger partial charge in [0.05, 0.1) is 12.7 Å². The van der Waals surface area contributed by atoms with Crippen molar-refractivity contribution in [1.82, 2.24) is 0 Å². The van der Waals surface area contributed by atoms with Crippen LogP contribution in [0.15, 0.2) is 24.3 Å². The minimum atomic E-state index is 0.304. The number of ether oxygens (including phenoxy) is 1. The van der Waals surface area contributed by atoms with E-state index in [1.165, 1.54) is 11.1 Å². The highest BCUT2D eigenvalue weighted by atomic mass is 35.5. The molecule has 15 heavy (non-hydrogen) atoms. The molecular formula is C13H17ClO. The number of unbranched alkanes of at least 4 members (excludes halogenated alkanes) is 1. The van der Waals surface area contributed by atoms with Crippen LogP contribution in [0.4, 0.5) is 0 Å². The molecule has 2 rings (SSSR count). The van der Waals surface area contributed by atoms with Crippen molar-refractivity contribution in [1.29, 1.82) is 0 Å². The molecule has 0 radical (unpaired) electrons. The van der Waals surface area contributed by atoms with E-state index in [-0.39, 0.29) is 0 Å². The van der Waals surface area contributed by atoms with E-state index < -0.39 is 0 Å². The molecule has 0 fully saturated rings. The lowest BCUT2D eigenvalue weighted by atomic mass is 9.95. The number of rotatable bonds is 4. The van der Waals surface area contributed by atoms with Crippen LogP contribution < -0.4 is 0 Å². The molecule has 0 aliphatic carbocycles. The van der Waals surface area contributed by atoms with Gasteiger partial charge in [-0.3, -0.25) is 0 Å². The van der Waals surface area contributed by atoms with Gasteiger partial charge < -0.3 is 4.74 Å². The van der Waals surface area contributed by atoms with E-state index >= 15 is 0 Å². The summed E-state index contributed by atoms with van der Waals surface area (Å²) in [6.45, 7) is 0.864. The Hall–Kier alpha value is -0.530. The van der Waals surface area contributed by atoms with Crippen molar-refractivity contribution in [2.75, 3.05) is 12.5 Å². The zero-order valence-electron chi connectivity index (χ0n) is 8.92. The summed E-state index contributed by atoms with van der Waals surface area (Å²) < 4.78 is 5.81. The van der Waals surface area contributed by atoms with Crippen LogP contribution >= 0.6 is 11.6 Å². The summed E-state index contributed by atoms with van der Waals surface area (Å²) in [6, 6.07) is 8.62. The lowest BCUT2D eigenvalue weighted by molar-refractivity contribution is 0.0352. The largest absolute Gasteiger partial charge is 0.373 e. The Labute approximate surface area is 96.4 Å². The molecule has 1 aromatic rings. The molecule has 1 heterocycles. The van der Waals surface area contributed by atoms with E-state index in [2.05, 4.69) is 24.3 Å². The first-order chi connectivity index (χ1) is 7.42. The van der Waals surface area contributed by atoms with Gasteiger partial charge in [0.2, 0.25) is 0 Å². The molecule has 1 nitrogen and oxygen atoms in total. The van der Waals surface area contributed by atoms with Gasteiger partial charge in [-0.05, 0) is 36.8 Å². The van der Waals surface area contributed by atoms with Crippen molar-refractivity contribution in [3.05, 3.63) is 35.4 Å². The minimum Gasteiger partial charge on any atom is -0.373 e. The monoisotopic (exact) mass is 224 g/mol. The molecule has 0 saturated carbocycles. The Morgan fingerprint density at radius 2 is 2.13 bits per heavy atom. The molecule has 0 spiro atoms. The van der Waals surface area contributed by atoms with E-state index in [1.807, 2.05) is 0 Å². The van der Waals surface area contributed by atoms with Gasteiger partial charge in [-0.25, -0.2) is 0 Å². The second kappa shape index (κ2) is 5.53. The SMILES string of the molecule is ClCCCCC1OCCc2ccccc21. The molecule has 1 aliphatic heterocycles. The Balaban J connectivity index is 2.02. The minimum absolute atomic E-state index is 0.304. The summed E-state index contributed by atoms with van der Waals surface area (Å²) in [5.41, 5.74) is 2.85. The summed E-state index contributed by atoms with van der Waals surface area (Å²) >= 11 is 5.68. The molecule has 1 unspecified atom stereocenters. The van der Waals surface area contributed by atoms with Crippen molar-refractivity contribution < 1.29 is 4.74 Å². The topological polar surface area (TPSA) is 9.23 Å². The van der Waals surface area contributed by atoms with Crippen LogP contribution in [0, 0.1) is 0 Å². The third kappa shape index (κ3) is 2.73. The van der Waals surface area contributed by atoms with Gasteiger partial charge in [-0.2, -0.15) is 0 Å². The van der Waals surface area contributed by atoms with Crippen LogP contribution in [0.3, 0.4) is 0 Å². The predicted molar refractivity (Wildman–Crippen MR) is 63.4 cm³/mol. The van der Waals surface area contributed by atoms with Crippen LogP contribution in [0.5, 0.6) is 0 Å². The molecule has 1 atom stereocenters. The zero-order chi connectivity index (χ0) is 10.5. The second-order valence-electron chi connectivity index (χ2n) is 3.99. The van der Waals surface area contributed by atoms with E-state index in [4.69, 9.17) is 16.3 Å². The molecule has 0 saturated heterocycles. The first-order valence-corrected chi connectivity index (χ1v) is 6.20. The van der Waals surface area contributed by atoms with Crippen LogP contribution in [-0.4, -0.2) is 12.5 Å². The summed E-state index contributed by atoms with van der Waals surface area (Å²) in [6.07, 6.45) is 4.70. The van der Waals surface area contributed by atoms with Gasteiger partial charge in [-0.1, -0.05) is 24.3 Å². The zero-order valence-corrected chi connectivity index (χ0v) is 9.67. The van der Waals surface area contributed by atoms with Crippen LogP contribution in [0.25, 0.3) is 0 Å². The van der Waals surface area contributed by atoms with Crippen LogP contribution in [-0.2, 0) is 11.2 Å². The maximum Gasteiger partial charge on any atom is 0.0827 e. The molecular weight excluding hydrogens is 208 g/mol. The fourth-order valence-corrected chi connectivity index (χ4v) is 2.33. The van der Waals surface area contributed by atoms with Gasteiger partial charge in [0.15, 0.2) is 0 Å². The lowest BCUT2D eigenvalue weighted by Crippen LogP contribution is -2.16. The Bertz CT molecular complexity index is 311. The molecule has 0 bridgehead atoms. The predicted octanol–water partition coefficient (Wildman–Crippen LogP) is 3.71. The average Bonchev–Trinajstić information content (AvgIpc) is 2.30. The third-order valence-electron chi connectivity index (χ3n) is 2.94. The van der Waals surface area contributed by atoms with Crippen LogP contribution in [0.2, 0.25) is 0 Å².